The van der Waals surface area contributed by atoms with Crippen molar-refractivity contribution in [3.63, 3.8) is 0 Å². The van der Waals surface area contributed by atoms with E-state index in [1.54, 1.807) is 23.4 Å². The SMILES string of the molecule is CC12OCCN1C(=O)Nc1ccncc12. The van der Waals surface area contributed by atoms with Crippen LogP contribution in [0.1, 0.15) is 12.5 Å². The van der Waals surface area contributed by atoms with Crippen LogP contribution in [0.3, 0.4) is 0 Å². The molecule has 0 aromatic carbocycles. The van der Waals surface area contributed by atoms with Crippen LogP contribution in [0.5, 0.6) is 0 Å². The summed E-state index contributed by atoms with van der Waals surface area (Å²) in [6.07, 6.45) is 3.40. The minimum absolute atomic E-state index is 0.103. The predicted molar refractivity (Wildman–Crippen MR) is 53.3 cm³/mol. The predicted octanol–water partition coefficient (Wildman–Crippen LogP) is 1.13. The molecule has 78 valence electrons. The van der Waals surface area contributed by atoms with Crippen molar-refractivity contribution in [1.29, 1.82) is 0 Å². The van der Waals surface area contributed by atoms with E-state index in [1.165, 1.54) is 0 Å². The molecule has 2 aliphatic heterocycles. The molecule has 1 fully saturated rings. The van der Waals surface area contributed by atoms with Crippen molar-refractivity contribution in [2.45, 2.75) is 12.6 Å². The van der Waals surface area contributed by atoms with Gasteiger partial charge in [0.15, 0.2) is 5.72 Å². The quantitative estimate of drug-likeness (QED) is 0.690. The molecule has 0 bridgehead atoms. The van der Waals surface area contributed by atoms with Crippen LogP contribution < -0.4 is 5.32 Å². The number of hydrogen-bond donors (Lipinski definition) is 1. The Bertz CT molecular complexity index is 434. The molecule has 1 aromatic rings. The summed E-state index contributed by atoms with van der Waals surface area (Å²) in [6, 6.07) is 1.69. The average Bonchev–Trinajstić information content (AvgIpc) is 2.62. The summed E-state index contributed by atoms with van der Waals surface area (Å²) in [4.78, 5) is 17.5. The van der Waals surface area contributed by atoms with Gasteiger partial charge in [-0.1, -0.05) is 0 Å². The molecule has 2 aliphatic rings. The van der Waals surface area contributed by atoms with E-state index in [0.717, 1.165) is 11.3 Å². The third kappa shape index (κ3) is 1.01. The first-order valence-electron chi connectivity index (χ1n) is 4.89. The topological polar surface area (TPSA) is 54.5 Å². The van der Waals surface area contributed by atoms with Crippen molar-refractivity contribution >= 4 is 11.7 Å². The molecule has 3 heterocycles. The molecule has 0 spiro atoms. The number of fused-ring (bicyclic) bond motifs is 3. The van der Waals surface area contributed by atoms with E-state index >= 15 is 0 Å². The summed E-state index contributed by atoms with van der Waals surface area (Å²) >= 11 is 0. The van der Waals surface area contributed by atoms with Gasteiger partial charge in [0.05, 0.1) is 12.3 Å². The van der Waals surface area contributed by atoms with Crippen molar-refractivity contribution in [3.05, 3.63) is 24.0 Å². The smallest absolute Gasteiger partial charge is 0.324 e. The van der Waals surface area contributed by atoms with E-state index in [-0.39, 0.29) is 6.03 Å². The van der Waals surface area contributed by atoms with Gasteiger partial charge in [0, 0.05) is 24.5 Å². The second-order valence-corrected chi connectivity index (χ2v) is 3.83. The lowest BCUT2D eigenvalue weighted by atomic mass is 10.0. The van der Waals surface area contributed by atoms with Crippen molar-refractivity contribution in [3.8, 4) is 0 Å². The molecule has 3 rings (SSSR count). The average molecular weight is 205 g/mol. The molecule has 1 saturated heterocycles. The number of nitrogens with zero attached hydrogens (tertiary/aromatic N) is 2. The van der Waals surface area contributed by atoms with Crippen LogP contribution in [-0.4, -0.2) is 29.1 Å². The van der Waals surface area contributed by atoms with Crippen molar-refractivity contribution in [2.75, 3.05) is 18.5 Å². The first kappa shape index (κ1) is 8.67. The van der Waals surface area contributed by atoms with Crippen molar-refractivity contribution < 1.29 is 9.53 Å². The maximum absolute atomic E-state index is 11.8. The van der Waals surface area contributed by atoms with E-state index in [0.29, 0.717) is 13.2 Å². The highest BCUT2D eigenvalue weighted by molar-refractivity contribution is 5.93. The van der Waals surface area contributed by atoms with E-state index in [4.69, 9.17) is 4.74 Å². The molecule has 0 saturated carbocycles. The van der Waals surface area contributed by atoms with Gasteiger partial charge in [0.25, 0.3) is 0 Å². The van der Waals surface area contributed by atoms with Crippen LogP contribution in [0.15, 0.2) is 18.5 Å². The van der Waals surface area contributed by atoms with E-state index in [9.17, 15) is 4.79 Å². The Balaban J connectivity index is 2.20. The van der Waals surface area contributed by atoms with Gasteiger partial charge in [-0.05, 0) is 13.0 Å². The Hall–Kier alpha value is -1.62. The maximum atomic E-state index is 11.8. The van der Waals surface area contributed by atoms with Gasteiger partial charge < -0.3 is 10.1 Å². The largest absolute Gasteiger partial charge is 0.349 e. The van der Waals surface area contributed by atoms with Crippen LogP contribution >= 0.6 is 0 Å². The first-order chi connectivity index (χ1) is 7.22. The number of carbonyl (C=O) groups excluding carboxylic acids is 1. The monoisotopic (exact) mass is 205 g/mol. The summed E-state index contributed by atoms with van der Waals surface area (Å²) in [6.45, 7) is 3.09. The minimum Gasteiger partial charge on any atom is -0.349 e. The molecule has 5 heteroatoms. The minimum atomic E-state index is -0.647. The zero-order valence-electron chi connectivity index (χ0n) is 8.36. The second kappa shape index (κ2) is 2.70. The van der Waals surface area contributed by atoms with Crippen LogP contribution in [0, 0.1) is 0 Å². The third-order valence-electron chi connectivity index (χ3n) is 3.02. The number of aromatic nitrogens is 1. The van der Waals surface area contributed by atoms with Crippen molar-refractivity contribution in [2.24, 2.45) is 0 Å². The Morgan fingerprint density at radius 3 is 3.40 bits per heavy atom. The van der Waals surface area contributed by atoms with Gasteiger partial charge in [-0.2, -0.15) is 0 Å². The number of urea groups is 1. The number of pyridine rings is 1. The molecule has 5 nitrogen and oxygen atoms in total. The molecule has 1 unspecified atom stereocenters. The van der Waals surface area contributed by atoms with Gasteiger partial charge in [-0.15, -0.1) is 0 Å². The van der Waals surface area contributed by atoms with Gasteiger partial charge in [0.1, 0.15) is 0 Å². The third-order valence-corrected chi connectivity index (χ3v) is 3.02. The van der Waals surface area contributed by atoms with E-state index < -0.39 is 5.72 Å². The van der Waals surface area contributed by atoms with Crippen LogP contribution in [0.25, 0.3) is 0 Å². The van der Waals surface area contributed by atoms with Crippen molar-refractivity contribution in [1.82, 2.24) is 9.88 Å². The van der Waals surface area contributed by atoms with E-state index in [2.05, 4.69) is 10.3 Å². The molecule has 1 N–H and O–H groups in total. The second-order valence-electron chi connectivity index (χ2n) is 3.83. The fourth-order valence-corrected chi connectivity index (χ4v) is 2.20. The maximum Gasteiger partial charge on any atom is 0.324 e. The Kier molecular flexibility index (Phi) is 1.56. The molecule has 0 radical (unpaired) electrons. The molecular weight excluding hydrogens is 194 g/mol. The normalized spacial score (nSPS) is 28.3. The van der Waals surface area contributed by atoms with Gasteiger partial charge in [-0.3, -0.25) is 9.88 Å². The number of hydrogen-bond acceptors (Lipinski definition) is 3. The first-order valence-corrected chi connectivity index (χ1v) is 4.89. The summed E-state index contributed by atoms with van der Waals surface area (Å²) < 4.78 is 5.67. The Morgan fingerprint density at radius 2 is 2.53 bits per heavy atom. The molecule has 2 amide bonds. The lowest BCUT2D eigenvalue weighted by molar-refractivity contribution is -0.0529. The van der Waals surface area contributed by atoms with Crippen LogP contribution in [-0.2, 0) is 10.5 Å². The van der Waals surface area contributed by atoms with Gasteiger partial charge in [-0.25, -0.2) is 4.79 Å². The van der Waals surface area contributed by atoms with Crippen LogP contribution in [0.4, 0.5) is 10.5 Å². The van der Waals surface area contributed by atoms with Gasteiger partial charge in [0.2, 0.25) is 0 Å². The highest BCUT2D eigenvalue weighted by Crippen LogP contribution is 2.40. The molecule has 1 aromatic heterocycles. The summed E-state index contributed by atoms with van der Waals surface area (Å²) in [5.41, 5.74) is 1.06. The zero-order chi connectivity index (χ0) is 10.5. The molecule has 15 heavy (non-hydrogen) atoms. The zero-order valence-corrected chi connectivity index (χ0v) is 8.36. The number of nitrogens with one attached hydrogen (secondary N) is 1. The number of carbonyl (C=O) groups is 1. The summed E-state index contributed by atoms with van der Waals surface area (Å²) in [7, 11) is 0. The number of rotatable bonds is 0. The number of amides is 2. The summed E-state index contributed by atoms with van der Waals surface area (Å²) in [5.74, 6) is 0. The van der Waals surface area contributed by atoms with Gasteiger partial charge >= 0.3 is 6.03 Å². The molecule has 0 aliphatic carbocycles. The Labute approximate surface area is 87.0 Å². The summed E-state index contributed by atoms with van der Waals surface area (Å²) in [5, 5.41) is 2.82. The van der Waals surface area contributed by atoms with Crippen LogP contribution in [0.2, 0.25) is 0 Å². The highest BCUT2D eigenvalue weighted by atomic mass is 16.5. The number of ether oxygens (including phenoxy) is 1. The molecular formula is C10H11N3O2. The lowest BCUT2D eigenvalue weighted by Gasteiger charge is -2.38. The fourth-order valence-electron chi connectivity index (χ4n) is 2.20. The fraction of sp³-hybridized carbons (Fsp3) is 0.400. The Morgan fingerprint density at radius 1 is 1.67 bits per heavy atom. The lowest BCUT2D eigenvalue weighted by Crippen LogP contribution is -2.49. The number of anilines is 1. The van der Waals surface area contributed by atoms with E-state index in [1.807, 2.05) is 6.92 Å². The standard InChI is InChI=1S/C10H11N3O2/c1-10-7-6-11-3-2-8(7)12-9(14)13(10)4-5-15-10/h2-3,6H,4-5H2,1H3,(H,12,14). The molecule has 1 atom stereocenters. The highest BCUT2D eigenvalue weighted by Gasteiger charge is 2.47.